The molecule has 190 valence electrons. The Balaban J connectivity index is 1.60. The number of carbonyl (C=O) groups is 2. The lowest BCUT2D eigenvalue weighted by Gasteiger charge is -2.34. The first-order valence-electron chi connectivity index (χ1n) is 13.1. The van der Waals surface area contributed by atoms with Crippen LogP contribution < -0.4 is 4.90 Å². The van der Waals surface area contributed by atoms with E-state index >= 15 is 0 Å². The van der Waals surface area contributed by atoms with E-state index in [9.17, 15) is 14.7 Å². The zero-order valence-corrected chi connectivity index (χ0v) is 21.3. The minimum atomic E-state index is -0.687. The van der Waals surface area contributed by atoms with Crippen molar-refractivity contribution in [1.82, 2.24) is 9.55 Å². The Morgan fingerprint density at radius 3 is 2.47 bits per heavy atom. The zero-order valence-electron chi connectivity index (χ0n) is 21.3. The molecule has 2 atom stereocenters. The van der Waals surface area contributed by atoms with Gasteiger partial charge < -0.3 is 14.4 Å². The van der Waals surface area contributed by atoms with Crippen molar-refractivity contribution in [1.29, 1.82) is 0 Å². The Morgan fingerprint density at radius 2 is 1.81 bits per heavy atom. The molecule has 5 rings (SSSR count). The molecule has 1 amide bonds. The number of aryl methyl sites for hydroxylation is 1. The number of ether oxygens (including phenoxy) is 1. The third kappa shape index (κ3) is 4.36. The number of nitrogens with zero attached hydrogens (tertiary/aromatic N) is 3. The van der Waals surface area contributed by atoms with Crippen molar-refractivity contribution in [3.63, 3.8) is 0 Å². The number of rotatable bonds is 5. The summed E-state index contributed by atoms with van der Waals surface area (Å²) >= 11 is 0. The third-order valence-electron chi connectivity index (χ3n) is 8.09. The van der Waals surface area contributed by atoms with Gasteiger partial charge in [0.2, 0.25) is 0 Å². The van der Waals surface area contributed by atoms with E-state index in [0.717, 1.165) is 60.2 Å². The molecule has 7 nitrogen and oxygen atoms in total. The Morgan fingerprint density at radius 1 is 1.08 bits per heavy atom. The molecule has 1 N–H and O–H groups in total. The highest BCUT2D eigenvalue weighted by molar-refractivity contribution is 5.95. The second kappa shape index (κ2) is 9.96. The van der Waals surface area contributed by atoms with Crippen LogP contribution in [0.3, 0.4) is 0 Å². The predicted octanol–water partition coefficient (Wildman–Crippen LogP) is 6.11. The van der Waals surface area contributed by atoms with Gasteiger partial charge in [-0.1, -0.05) is 37.3 Å². The molecule has 0 radical (unpaired) electrons. The number of imidazole rings is 1. The number of benzene rings is 2. The van der Waals surface area contributed by atoms with E-state index < -0.39 is 5.97 Å². The number of methoxy groups -OCH3 is 1. The monoisotopic (exact) mass is 489 g/mol. The lowest BCUT2D eigenvalue weighted by atomic mass is 9.85. The minimum absolute atomic E-state index is 0.0623. The Bertz CT molecular complexity index is 1260. The summed E-state index contributed by atoms with van der Waals surface area (Å²) in [4.78, 5) is 31.2. The topological polar surface area (TPSA) is 84.7 Å². The highest BCUT2D eigenvalue weighted by Gasteiger charge is 2.34. The highest BCUT2D eigenvalue weighted by Crippen LogP contribution is 2.41. The maximum Gasteiger partial charge on any atom is 0.414 e. The van der Waals surface area contributed by atoms with E-state index in [2.05, 4.69) is 48.7 Å². The summed E-state index contributed by atoms with van der Waals surface area (Å²) in [5, 5.41) is 9.52. The first-order chi connectivity index (χ1) is 17.4. The van der Waals surface area contributed by atoms with E-state index in [1.165, 1.54) is 12.7 Å². The molecule has 0 spiro atoms. The van der Waals surface area contributed by atoms with Crippen LogP contribution in [0.4, 0.5) is 10.5 Å². The zero-order chi connectivity index (χ0) is 25.4. The van der Waals surface area contributed by atoms with Gasteiger partial charge in [-0.25, -0.2) is 9.78 Å². The smallest absolute Gasteiger partial charge is 0.414 e. The summed E-state index contributed by atoms with van der Waals surface area (Å²) in [7, 11) is 1.42. The van der Waals surface area contributed by atoms with Crippen molar-refractivity contribution in [2.75, 3.05) is 12.0 Å². The number of hydrogen-bond donors (Lipinski definition) is 1. The van der Waals surface area contributed by atoms with Crippen molar-refractivity contribution in [3.05, 3.63) is 59.4 Å². The molecular formula is C29H35N3O4. The van der Waals surface area contributed by atoms with Crippen LogP contribution in [0.25, 0.3) is 11.0 Å². The molecule has 1 saturated carbocycles. The van der Waals surface area contributed by atoms with E-state index in [1.54, 1.807) is 4.90 Å². The van der Waals surface area contributed by atoms with Gasteiger partial charge in [0, 0.05) is 23.6 Å². The fourth-order valence-electron chi connectivity index (χ4n) is 6.16. The number of amides is 1. The van der Waals surface area contributed by atoms with Crippen LogP contribution in [-0.2, 0) is 22.4 Å². The highest BCUT2D eigenvalue weighted by atomic mass is 16.5. The van der Waals surface area contributed by atoms with Crippen LogP contribution in [0, 0.1) is 5.92 Å². The van der Waals surface area contributed by atoms with Gasteiger partial charge in [-0.3, -0.25) is 9.69 Å². The van der Waals surface area contributed by atoms with Crippen molar-refractivity contribution in [2.24, 2.45) is 5.92 Å². The van der Waals surface area contributed by atoms with Crippen molar-refractivity contribution < 1.29 is 19.4 Å². The fourth-order valence-corrected chi connectivity index (χ4v) is 6.16. The largest absolute Gasteiger partial charge is 0.481 e. The molecule has 0 unspecified atom stereocenters. The molecule has 1 aliphatic heterocycles. The van der Waals surface area contributed by atoms with Crippen molar-refractivity contribution >= 4 is 28.8 Å². The summed E-state index contributed by atoms with van der Waals surface area (Å²) in [6.07, 6.45) is 5.28. The lowest BCUT2D eigenvalue weighted by Crippen LogP contribution is -2.42. The number of aliphatic carboxylic acids is 1. The fraction of sp³-hybridized carbons (Fsp3) is 0.483. The van der Waals surface area contributed by atoms with Crippen LogP contribution in [0.1, 0.15) is 74.9 Å². The average molecular weight is 490 g/mol. The quantitative estimate of drug-likeness (QED) is 0.468. The predicted molar refractivity (Wildman–Crippen MR) is 140 cm³/mol. The Hall–Kier alpha value is -3.35. The summed E-state index contributed by atoms with van der Waals surface area (Å²) < 4.78 is 7.49. The van der Waals surface area contributed by atoms with E-state index in [0.29, 0.717) is 12.8 Å². The average Bonchev–Trinajstić information content (AvgIpc) is 3.29. The second-order valence-corrected chi connectivity index (χ2v) is 10.4. The number of carboxylic acid groups (broad SMARTS) is 1. The number of carbonyl (C=O) groups excluding carboxylic acids is 1. The summed E-state index contributed by atoms with van der Waals surface area (Å²) in [5.74, 6) is 0.285. The van der Waals surface area contributed by atoms with Gasteiger partial charge in [-0.05, 0) is 69.6 Å². The standard InChI is InChI=1S/C29H35N3O4/c1-18(17-20-7-5-4-6-8-20)27-30-26-23-14-9-19(2)31(29(35)36-3)24(23)15-16-25(26)32(27)22-12-10-21(11-13-22)28(33)34/h4-8,15-16,18-19,21-22H,9-14,17H2,1-3H3,(H,33,34)/t18-,19-,21-,22-/m0/s1. The number of hydrogen-bond acceptors (Lipinski definition) is 4. The summed E-state index contributed by atoms with van der Waals surface area (Å²) in [6.45, 7) is 4.28. The third-order valence-corrected chi connectivity index (χ3v) is 8.09. The Kier molecular flexibility index (Phi) is 6.73. The normalized spacial score (nSPS) is 22.8. The van der Waals surface area contributed by atoms with Gasteiger partial charge in [0.05, 0.1) is 29.7 Å². The van der Waals surface area contributed by atoms with Crippen LogP contribution in [-0.4, -0.2) is 39.9 Å². The molecule has 1 aliphatic carbocycles. The molecule has 0 bridgehead atoms. The molecule has 2 aromatic carbocycles. The van der Waals surface area contributed by atoms with Crippen LogP contribution >= 0.6 is 0 Å². The molecule has 2 heterocycles. The first-order valence-corrected chi connectivity index (χ1v) is 13.1. The second-order valence-electron chi connectivity index (χ2n) is 10.4. The molecule has 36 heavy (non-hydrogen) atoms. The van der Waals surface area contributed by atoms with Crippen molar-refractivity contribution in [2.45, 2.75) is 76.8 Å². The molecule has 3 aromatic rings. The minimum Gasteiger partial charge on any atom is -0.481 e. The molecule has 7 heteroatoms. The van der Waals surface area contributed by atoms with Crippen LogP contribution in [0.2, 0.25) is 0 Å². The maximum absolute atomic E-state index is 12.6. The number of carboxylic acids is 1. The van der Waals surface area contributed by atoms with Gasteiger partial charge in [0.15, 0.2) is 0 Å². The van der Waals surface area contributed by atoms with Gasteiger partial charge in [0.1, 0.15) is 5.82 Å². The van der Waals surface area contributed by atoms with E-state index in [1.807, 2.05) is 12.1 Å². The number of aromatic nitrogens is 2. The molecule has 2 aliphatic rings. The SMILES string of the molecule is COC(=O)N1c2ccc3c(nc([C@@H](C)Cc4ccccc4)n3[C@H]3CC[C@H](C(=O)O)CC3)c2CC[C@@H]1C. The van der Waals surface area contributed by atoms with Gasteiger partial charge in [-0.2, -0.15) is 0 Å². The number of fused-ring (bicyclic) bond motifs is 3. The Labute approximate surface area is 212 Å². The van der Waals surface area contributed by atoms with E-state index in [-0.39, 0.29) is 30.0 Å². The first kappa shape index (κ1) is 24.3. The number of anilines is 1. The van der Waals surface area contributed by atoms with E-state index in [4.69, 9.17) is 9.72 Å². The maximum atomic E-state index is 12.6. The summed E-state index contributed by atoms with van der Waals surface area (Å²) in [5.41, 5.74) is 5.30. The molecule has 0 saturated heterocycles. The van der Waals surface area contributed by atoms with Gasteiger partial charge in [-0.15, -0.1) is 0 Å². The van der Waals surface area contributed by atoms with Gasteiger partial charge >= 0.3 is 12.1 Å². The summed E-state index contributed by atoms with van der Waals surface area (Å²) in [6, 6.07) is 14.9. The van der Waals surface area contributed by atoms with Gasteiger partial charge in [0.25, 0.3) is 0 Å². The molecular weight excluding hydrogens is 454 g/mol. The van der Waals surface area contributed by atoms with Crippen LogP contribution in [0.5, 0.6) is 0 Å². The van der Waals surface area contributed by atoms with Crippen molar-refractivity contribution in [3.8, 4) is 0 Å². The lowest BCUT2D eigenvalue weighted by molar-refractivity contribution is -0.143. The molecule has 1 fully saturated rings. The van der Waals surface area contributed by atoms with Crippen LogP contribution in [0.15, 0.2) is 42.5 Å². The molecule has 1 aromatic heterocycles.